The van der Waals surface area contributed by atoms with Crippen molar-refractivity contribution in [3.05, 3.63) is 35.5 Å². The van der Waals surface area contributed by atoms with E-state index >= 15 is 0 Å². The second-order valence-corrected chi connectivity index (χ2v) is 10.2. The lowest BCUT2D eigenvalue weighted by Gasteiger charge is -2.48. The van der Waals surface area contributed by atoms with E-state index in [0.717, 1.165) is 42.7 Å². The Kier molecular flexibility index (Phi) is 6.37. The SMILES string of the molecule is CC[C@@H]1CN(C)[C@H]2Cc3c([nH]c4ccccc34)/C(=N/N=C\C3CCCC3)C[C@H]1[C@H]2C(=O)OC. The number of carbonyl (C=O) groups excluding carboxylic acids is 1. The van der Waals surface area contributed by atoms with Crippen LogP contribution in [0.4, 0.5) is 0 Å². The van der Waals surface area contributed by atoms with Crippen LogP contribution in [0.1, 0.15) is 56.7 Å². The third-order valence-electron chi connectivity index (χ3n) is 8.37. The molecule has 6 heteroatoms. The molecule has 0 radical (unpaired) electrons. The van der Waals surface area contributed by atoms with Gasteiger partial charge in [0.1, 0.15) is 0 Å². The first-order chi connectivity index (χ1) is 16.1. The smallest absolute Gasteiger partial charge is 0.310 e. The van der Waals surface area contributed by atoms with E-state index in [2.05, 4.69) is 53.2 Å². The molecule has 1 aromatic carbocycles. The topological polar surface area (TPSA) is 70.0 Å². The highest BCUT2D eigenvalue weighted by Gasteiger charge is 2.48. The van der Waals surface area contributed by atoms with Crippen LogP contribution in [0.25, 0.3) is 10.9 Å². The summed E-state index contributed by atoms with van der Waals surface area (Å²) in [5, 5.41) is 10.6. The minimum atomic E-state index is -0.162. The van der Waals surface area contributed by atoms with E-state index in [0.29, 0.717) is 11.8 Å². The number of carbonyl (C=O) groups is 1. The third-order valence-corrected chi connectivity index (χ3v) is 8.37. The molecule has 2 aliphatic carbocycles. The number of nitrogens with one attached hydrogen (secondary N) is 1. The average Bonchev–Trinajstić information content (AvgIpc) is 3.46. The Morgan fingerprint density at radius 3 is 2.79 bits per heavy atom. The number of hydrogen-bond acceptors (Lipinski definition) is 5. The first kappa shape index (κ1) is 22.3. The van der Waals surface area contributed by atoms with Gasteiger partial charge in [0.15, 0.2) is 0 Å². The molecule has 5 rings (SSSR count). The minimum Gasteiger partial charge on any atom is -0.469 e. The fourth-order valence-electron chi connectivity index (χ4n) is 6.56. The number of nitrogens with zero attached hydrogens (tertiary/aromatic N) is 3. The van der Waals surface area contributed by atoms with Crippen molar-refractivity contribution < 1.29 is 9.53 Å². The number of methoxy groups -OCH3 is 1. The van der Waals surface area contributed by atoms with Crippen LogP contribution in [-0.2, 0) is 16.0 Å². The minimum absolute atomic E-state index is 0.0906. The van der Waals surface area contributed by atoms with Gasteiger partial charge in [0, 0.05) is 29.7 Å². The second-order valence-electron chi connectivity index (χ2n) is 10.2. The van der Waals surface area contributed by atoms with Gasteiger partial charge in [-0.2, -0.15) is 10.2 Å². The van der Waals surface area contributed by atoms with Crippen LogP contribution < -0.4 is 0 Å². The molecule has 6 nitrogen and oxygen atoms in total. The van der Waals surface area contributed by atoms with Crippen molar-refractivity contribution in [1.82, 2.24) is 9.88 Å². The van der Waals surface area contributed by atoms with Gasteiger partial charge >= 0.3 is 5.97 Å². The van der Waals surface area contributed by atoms with Crippen molar-refractivity contribution in [2.75, 3.05) is 20.7 Å². The van der Waals surface area contributed by atoms with Crippen molar-refractivity contribution in [1.29, 1.82) is 0 Å². The predicted molar refractivity (Wildman–Crippen MR) is 133 cm³/mol. The zero-order valence-electron chi connectivity index (χ0n) is 20.1. The number of H-pyrrole nitrogens is 1. The molecule has 0 unspecified atom stereocenters. The third kappa shape index (κ3) is 4.14. The summed E-state index contributed by atoms with van der Waals surface area (Å²) in [6, 6.07) is 8.57. The molecule has 1 saturated carbocycles. The quantitative estimate of drug-likeness (QED) is 0.414. The molecule has 0 amide bonds. The lowest BCUT2D eigenvalue weighted by molar-refractivity contribution is -0.154. The highest BCUT2D eigenvalue weighted by molar-refractivity contribution is 6.06. The molecule has 33 heavy (non-hydrogen) atoms. The highest BCUT2D eigenvalue weighted by atomic mass is 16.5. The Hall–Kier alpha value is -2.47. The van der Waals surface area contributed by atoms with Gasteiger partial charge in [0.2, 0.25) is 0 Å². The van der Waals surface area contributed by atoms with E-state index in [1.807, 2.05) is 6.21 Å². The van der Waals surface area contributed by atoms with E-state index < -0.39 is 0 Å². The number of ether oxygens (including phenoxy) is 1. The maximum atomic E-state index is 13.1. The van der Waals surface area contributed by atoms with E-state index in [9.17, 15) is 4.79 Å². The molecule has 1 aromatic heterocycles. The highest BCUT2D eigenvalue weighted by Crippen LogP contribution is 2.43. The molecule has 1 N–H and O–H groups in total. The fourth-order valence-corrected chi connectivity index (χ4v) is 6.56. The summed E-state index contributed by atoms with van der Waals surface area (Å²) in [6.45, 7) is 3.23. The fraction of sp³-hybridized carbons (Fsp3) is 0.593. The number of aromatic amines is 1. The number of rotatable bonds is 4. The van der Waals surface area contributed by atoms with Gasteiger partial charge in [-0.25, -0.2) is 0 Å². The van der Waals surface area contributed by atoms with Crippen LogP contribution in [-0.4, -0.2) is 54.5 Å². The van der Waals surface area contributed by atoms with Crippen molar-refractivity contribution in [2.24, 2.45) is 33.9 Å². The van der Waals surface area contributed by atoms with Crippen LogP contribution in [0.15, 0.2) is 34.5 Å². The van der Waals surface area contributed by atoms with Crippen LogP contribution in [0.3, 0.4) is 0 Å². The van der Waals surface area contributed by atoms with Crippen LogP contribution in [0.5, 0.6) is 0 Å². The molecular formula is C27H36N4O2. The first-order valence-electron chi connectivity index (χ1n) is 12.6. The normalized spacial score (nSPS) is 30.0. The molecule has 2 fully saturated rings. The molecule has 2 aromatic rings. The van der Waals surface area contributed by atoms with Gasteiger partial charge in [-0.15, -0.1) is 0 Å². The van der Waals surface area contributed by atoms with E-state index in [1.165, 1.54) is 43.7 Å². The number of likely N-dealkylation sites (N-methyl/N-ethyl adjacent to an activating group) is 1. The van der Waals surface area contributed by atoms with Gasteiger partial charge in [0.05, 0.1) is 24.4 Å². The van der Waals surface area contributed by atoms with Crippen LogP contribution >= 0.6 is 0 Å². The molecule has 3 aliphatic rings. The molecule has 4 atom stereocenters. The zero-order chi connectivity index (χ0) is 22.9. The number of aromatic nitrogens is 1. The van der Waals surface area contributed by atoms with Crippen molar-refractivity contribution in [3.63, 3.8) is 0 Å². The standard InChI is InChI=1S/C27H36N4O2/c1-4-18-16-31(2)24-14-21-19-11-7-8-12-22(19)29-26(21)23(13-20(18)25(24)27(32)33-3)30-28-15-17-9-5-6-10-17/h7-8,11-12,15,17-18,20,24-25,29H,4-6,9-10,13-14,16H2,1-3H3/b28-15-,30-23+/t18-,20-,24+,25-/m1/s1. The largest absolute Gasteiger partial charge is 0.469 e. The lowest BCUT2D eigenvalue weighted by atomic mass is 9.67. The Morgan fingerprint density at radius 1 is 1.24 bits per heavy atom. The Morgan fingerprint density at radius 2 is 2.03 bits per heavy atom. The Labute approximate surface area is 196 Å². The van der Waals surface area contributed by atoms with Crippen LogP contribution in [0, 0.1) is 23.7 Å². The van der Waals surface area contributed by atoms with Crippen LogP contribution in [0.2, 0.25) is 0 Å². The summed E-state index contributed by atoms with van der Waals surface area (Å²) >= 11 is 0. The summed E-state index contributed by atoms with van der Waals surface area (Å²) in [5.41, 5.74) is 4.45. The summed E-state index contributed by atoms with van der Waals surface area (Å²) in [6.07, 6.45) is 9.63. The van der Waals surface area contributed by atoms with Crippen molar-refractivity contribution in [2.45, 2.75) is 57.9 Å². The molecule has 176 valence electrons. The van der Waals surface area contributed by atoms with Crippen molar-refractivity contribution in [3.8, 4) is 0 Å². The Bertz CT molecular complexity index is 1070. The number of hydrogen-bond donors (Lipinski definition) is 1. The predicted octanol–water partition coefficient (Wildman–Crippen LogP) is 4.82. The molecule has 0 spiro atoms. The van der Waals surface area contributed by atoms with Gasteiger partial charge < -0.3 is 14.6 Å². The number of para-hydroxylation sites is 1. The Balaban J connectivity index is 1.63. The number of esters is 1. The van der Waals surface area contributed by atoms with Gasteiger partial charge in [-0.05, 0) is 62.1 Å². The number of fused-ring (bicyclic) bond motifs is 5. The van der Waals surface area contributed by atoms with E-state index in [-0.39, 0.29) is 23.8 Å². The second kappa shape index (κ2) is 9.41. The summed E-state index contributed by atoms with van der Waals surface area (Å²) in [4.78, 5) is 19.2. The molecule has 2 heterocycles. The molecule has 1 aliphatic heterocycles. The number of likely N-dealkylation sites (tertiary alicyclic amines) is 1. The maximum Gasteiger partial charge on any atom is 0.310 e. The summed E-state index contributed by atoms with van der Waals surface area (Å²) in [7, 11) is 3.69. The average molecular weight is 449 g/mol. The number of benzene rings is 1. The van der Waals surface area contributed by atoms with Gasteiger partial charge in [-0.1, -0.05) is 44.4 Å². The van der Waals surface area contributed by atoms with Crippen molar-refractivity contribution >= 4 is 28.8 Å². The number of piperidine rings is 1. The molecule has 2 bridgehead atoms. The molecule has 1 saturated heterocycles. The summed E-state index contributed by atoms with van der Waals surface area (Å²) < 4.78 is 5.36. The van der Waals surface area contributed by atoms with Gasteiger partial charge in [0.25, 0.3) is 0 Å². The van der Waals surface area contributed by atoms with Gasteiger partial charge in [-0.3, -0.25) is 4.79 Å². The zero-order valence-corrected chi connectivity index (χ0v) is 20.1. The maximum absolute atomic E-state index is 13.1. The first-order valence-corrected chi connectivity index (χ1v) is 12.6. The van der Waals surface area contributed by atoms with E-state index in [1.54, 1.807) is 0 Å². The summed E-state index contributed by atoms with van der Waals surface area (Å²) in [5.74, 6) is 0.912. The monoisotopic (exact) mass is 448 g/mol. The van der Waals surface area contributed by atoms with E-state index in [4.69, 9.17) is 9.84 Å². The molecular weight excluding hydrogens is 412 g/mol. The lowest BCUT2D eigenvalue weighted by Crippen LogP contribution is -2.56.